The third-order valence-corrected chi connectivity index (χ3v) is 5.30. The molecule has 4 nitrogen and oxygen atoms in total. The van der Waals surface area contributed by atoms with Crippen molar-refractivity contribution in [1.29, 1.82) is 0 Å². The van der Waals surface area contributed by atoms with E-state index < -0.39 is 0 Å². The van der Waals surface area contributed by atoms with Crippen LogP contribution in [0.4, 0.5) is 5.69 Å². The zero-order valence-electron chi connectivity index (χ0n) is 13.1. The number of hydrogen-bond acceptors (Lipinski definition) is 3. The molecule has 1 amide bonds. The van der Waals surface area contributed by atoms with Crippen molar-refractivity contribution in [3.63, 3.8) is 0 Å². The number of fused-ring (bicyclic) bond motifs is 1. The summed E-state index contributed by atoms with van der Waals surface area (Å²) in [6.45, 7) is 1.96. The Kier molecular flexibility index (Phi) is 3.38. The van der Waals surface area contributed by atoms with Gasteiger partial charge in [-0.25, -0.2) is 0 Å². The average molecular weight is 326 g/mol. The van der Waals surface area contributed by atoms with E-state index in [0.29, 0.717) is 6.04 Å². The summed E-state index contributed by atoms with van der Waals surface area (Å²) in [4.78, 5) is 13.2. The molecule has 0 saturated heterocycles. The van der Waals surface area contributed by atoms with E-state index in [4.69, 9.17) is 4.74 Å². The van der Waals surface area contributed by atoms with Gasteiger partial charge in [0.25, 0.3) is 5.91 Å². The fourth-order valence-electron chi connectivity index (χ4n) is 2.74. The standard InChI is InChI=1S/C18H18N2O2S/c1-11-7-14(22-2)5-6-15(11)19-18(21)16-8-12-9-20(13-3-4-13)10-17(12)23-16/h5-10,13H,3-4H2,1-2H3,(H,19,21). The Hall–Kier alpha value is -2.27. The highest BCUT2D eigenvalue weighted by Gasteiger charge is 2.24. The lowest BCUT2D eigenvalue weighted by Crippen LogP contribution is -2.11. The van der Waals surface area contributed by atoms with Crippen molar-refractivity contribution in [3.8, 4) is 5.75 Å². The van der Waals surface area contributed by atoms with Gasteiger partial charge < -0.3 is 14.6 Å². The van der Waals surface area contributed by atoms with Crippen molar-refractivity contribution in [1.82, 2.24) is 4.57 Å². The van der Waals surface area contributed by atoms with Gasteiger partial charge in [-0.15, -0.1) is 11.3 Å². The maximum absolute atomic E-state index is 12.5. The molecule has 1 N–H and O–H groups in total. The van der Waals surface area contributed by atoms with Crippen molar-refractivity contribution >= 4 is 33.0 Å². The fraction of sp³-hybridized carbons (Fsp3) is 0.278. The Morgan fingerprint density at radius 2 is 2.13 bits per heavy atom. The number of nitrogens with zero attached hydrogens (tertiary/aromatic N) is 1. The normalized spacial score (nSPS) is 14.2. The lowest BCUT2D eigenvalue weighted by molar-refractivity contribution is 0.103. The molecule has 0 aliphatic heterocycles. The van der Waals surface area contributed by atoms with Crippen LogP contribution in [0.5, 0.6) is 5.75 Å². The van der Waals surface area contributed by atoms with Gasteiger partial charge in [0.05, 0.1) is 16.7 Å². The predicted octanol–water partition coefficient (Wildman–Crippen LogP) is 4.61. The lowest BCUT2D eigenvalue weighted by Gasteiger charge is -2.09. The second-order valence-electron chi connectivity index (χ2n) is 6.00. The molecule has 1 aromatic carbocycles. The number of rotatable bonds is 4. The largest absolute Gasteiger partial charge is 0.497 e. The highest BCUT2D eigenvalue weighted by atomic mass is 32.1. The van der Waals surface area contributed by atoms with Crippen LogP contribution in [0.15, 0.2) is 36.7 Å². The summed E-state index contributed by atoms with van der Waals surface area (Å²) in [6, 6.07) is 8.30. The predicted molar refractivity (Wildman–Crippen MR) is 93.8 cm³/mol. The molecule has 23 heavy (non-hydrogen) atoms. The Balaban J connectivity index is 1.55. The third-order valence-electron chi connectivity index (χ3n) is 4.22. The second-order valence-corrected chi connectivity index (χ2v) is 7.09. The summed E-state index contributed by atoms with van der Waals surface area (Å²) >= 11 is 1.55. The molecule has 1 fully saturated rings. The van der Waals surface area contributed by atoms with E-state index in [1.807, 2.05) is 31.2 Å². The summed E-state index contributed by atoms with van der Waals surface area (Å²) < 4.78 is 8.64. The Bertz CT molecular complexity index is 858. The molecule has 0 unspecified atom stereocenters. The van der Waals surface area contributed by atoms with Crippen molar-refractivity contribution in [3.05, 3.63) is 47.1 Å². The molecule has 1 aliphatic rings. The number of benzene rings is 1. The SMILES string of the molecule is COc1ccc(NC(=O)c2cc3cn(C4CC4)cc3s2)c(C)c1. The maximum atomic E-state index is 12.5. The molecule has 0 bridgehead atoms. The van der Waals surface area contributed by atoms with Gasteiger partial charge in [0.15, 0.2) is 0 Å². The summed E-state index contributed by atoms with van der Waals surface area (Å²) in [5.41, 5.74) is 1.80. The van der Waals surface area contributed by atoms with Crippen LogP contribution in [0, 0.1) is 6.92 Å². The third kappa shape index (κ3) is 2.72. The van der Waals surface area contributed by atoms with Gasteiger partial charge in [-0.05, 0) is 49.6 Å². The number of thiophene rings is 1. The number of amides is 1. The lowest BCUT2D eigenvalue weighted by atomic mass is 10.2. The summed E-state index contributed by atoms with van der Waals surface area (Å²) in [6.07, 6.45) is 6.85. The van der Waals surface area contributed by atoms with Crippen LogP contribution in [0.1, 0.15) is 34.1 Å². The molecule has 2 heterocycles. The number of aromatic nitrogens is 1. The van der Waals surface area contributed by atoms with E-state index in [-0.39, 0.29) is 5.91 Å². The molecule has 0 radical (unpaired) electrons. The number of ether oxygens (including phenoxy) is 1. The van der Waals surface area contributed by atoms with Crippen LogP contribution >= 0.6 is 11.3 Å². The van der Waals surface area contributed by atoms with Gasteiger partial charge in [0.1, 0.15) is 5.75 Å². The van der Waals surface area contributed by atoms with Crippen LogP contribution in [0.2, 0.25) is 0 Å². The quantitative estimate of drug-likeness (QED) is 0.761. The van der Waals surface area contributed by atoms with Crippen molar-refractivity contribution < 1.29 is 9.53 Å². The molecular formula is C18H18N2O2S. The van der Waals surface area contributed by atoms with Crippen LogP contribution in [0.3, 0.4) is 0 Å². The molecule has 1 aliphatic carbocycles. The Morgan fingerprint density at radius 3 is 2.78 bits per heavy atom. The highest BCUT2D eigenvalue weighted by Crippen LogP contribution is 2.38. The number of carbonyl (C=O) groups is 1. The molecule has 0 spiro atoms. The van der Waals surface area contributed by atoms with Crippen LogP contribution in [0.25, 0.3) is 10.1 Å². The first-order chi connectivity index (χ1) is 11.1. The van der Waals surface area contributed by atoms with E-state index in [0.717, 1.165) is 27.3 Å². The second kappa shape index (κ2) is 5.42. The van der Waals surface area contributed by atoms with Crippen LogP contribution < -0.4 is 10.1 Å². The monoisotopic (exact) mass is 326 g/mol. The zero-order chi connectivity index (χ0) is 16.0. The van der Waals surface area contributed by atoms with Crippen molar-refractivity contribution in [2.24, 2.45) is 0 Å². The summed E-state index contributed by atoms with van der Waals surface area (Å²) in [7, 11) is 1.64. The van der Waals surface area contributed by atoms with Gasteiger partial charge in [-0.1, -0.05) is 0 Å². The highest BCUT2D eigenvalue weighted by molar-refractivity contribution is 7.20. The molecule has 5 heteroatoms. The molecule has 3 aromatic rings. The van der Waals surface area contributed by atoms with Crippen LogP contribution in [-0.4, -0.2) is 17.6 Å². The zero-order valence-corrected chi connectivity index (χ0v) is 13.9. The first-order valence-corrected chi connectivity index (χ1v) is 8.53. The van der Waals surface area contributed by atoms with E-state index in [1.165, 1.54) is 17.5 Å². The van der Waals surface area contributed by atoms with E-state index in [2.05, 4.69) is 22.3 Å². The van der Waals surface area contributed by atoms with Gasteiger partial charge >= 0.3 is 0 Å². The minimum atomic E-state index is -0.0579. The summed E-state index contributed by atoms with van der Waals surface area (Å²) in [5.74, 6) is 0.734. The molecule has 118 valence electrons. The van der Waals surface area contributed by atoms with E-state index in [1.54, 1.807) is 18.4 Å². The number of methoxy groups -OCH3 is 1. The van der Waals surface area contributed by atoms with E-state index >= 15 is 0 Å². The Labute approximate surface area is 138 Å². The number of aryl methyl sites for hydroxylation is 1. The Morgan fingerprint density at radius 1 is 1.30 bits per heavy atom. The number of carbonyl (C=O) groups excluding carboxylic acids is 1. The van der Waals surface area contributed by atoms with Crippen LogP contribution in [-0.2, 0) is 0 Å². The van der Waals surface area contributed by atoms with Gasteiger partial charge in [-0.2, -0.15) is 0 Å². The number of nitrogens with one attached hydrogen (secondary N) is 1. The fourth-order valence-corrected chi connectivity index (χ4v) is 3.71. The average Bonchev–Trinajstić information content (AvgIpc) is 3.19. The minimum Gasteiger partial charge on any atom is -0.497 e. The van der Waals surface area contributed by atoms with Gasteiger partial charge in [0, 0.05) is 29.5 Å². The van der Waals surface area contributed by atoms with Gasteiger partial charge in [-0.3, -0.25) is 4.79 Å². The molecule has 1 saturated carbocycles. The minimum absolute atomic E-state index is 0.0579. The molecule has 4 rings (SSSR count). The van der Waals surface area contributed by atoms with E-state index in [9.17, 15) is 4.79 Å². The first kappa shape index (κ1) is 14.3. The van der Waals surface area contributed by atoms with Gasteiger partial charge in [0.2, 0.25) is 0 Å². The maximum Gasteiger partial charge on any atom is 0.265 e. The van der Waals surface area contributed by atoms with Crippen molar-refractivity contribution in [2.75, 3.05) is 12.4 Å². The topological polar surface area (TPSA) is 43.3 Å². The summed E-state index contributed by atoms with van der Waals surface area (Å²) in [5, 5.41) is 4.14. The molecular weight excluding hydrogens is 308 g/mol. The molecule has 2 aromatic heterocycles. The van der Waals surface area contributed by atoms with Crippen molar-refractivity contribution in [2.45, 2.75) is 25.8 Å². The molecule has 0 atom stereocenters. The number of anilines is 1. The number of hydrogen-bond donors (Lipinski definition) is 1. The first-order valence-electron chi connectivity index (χ1n) is 7.71. The smallest absolute Gasteiger partial charge is 0.265 e.